The Kier molecular flexibility index (Phi) is 4.92. The van der Waals surface area contributed by atoms with Gasteiger partial charge in [-0.1, -0.05) is 0 Å². The van der Waals surface area contributed by atoms with Crippen molar-refractivity contribution < 1.29 is 24.4 Å². The molecule has 0 amide bonds. The summed E-state index contributed by atoms with van der Waals surface area (Å²) >= 11 is 0. The molecule has 10 nitrogen and oxygen atoms in total. The van der Waals surface area contributed by atoms with Gasteiger partial charge in [0.15, 0.2) is 17.4 Å². The second-order valence-corrected chi connectivity index (χ2v) is 5.55. The first kappa shape index (κ1) is 17.0. The van der Waals surface area contributed by atoms with Crippen molar-refractivity contribution >= 4 is 11.2 Å². The van der Waals surface area contributed by atoms with Crippen molar-refractivity contribution in [3.05, 3.63) is 23.0 Å². The highest BCUT2D eigenvalue weighted by Gasteiger charge is 2.45. The summed E-state index contributed by atoms with van der Waals surface area (Å²) in [4.78, 5) is 20.3. The highest BCUT2D eigenvalue weighted by molar-refractivity contribution is 5.69. The average molecular weight is 340 g/mol. The number of aliphatic hydroxyl groups is 2. The van der Waals surface area contributed by atoms with Crippen LogP contribution in [0.4, 0.5) is 0 Å². The first-order valence-electron chi connectivity index (χ1n) is 7.51. The van der Waals surface area contributed by atoms with Crippen molar-refractivity contribution in [2.75, 3.05) is 26.9 Å². The van der Waals surface area contributed by atoms with E-state index in [-0.39, 0.29) is 24.3 Å². The van der Waals surface area contributed by atoms with E-state index in [9.17, 15) is 15.0 Å². The van der Waals surface area contributed by atoms with Gasteiger partial charge in [-0.25, -0.2) is 9.97 Å². The van der Waals surface area contributed by atoms with Crippen LogP contribution in [0, 0.1) is 0 Å². The van der Waals surface area contributed by atoms with E-state index in [1.54, 1.807) is 14.2 Å². The molecule has 2 N–H and O–H groups in total. The summed E-state index contributed by atoms with van der Waals surface area (Å²) in [5, 5.41) is 20.0. The van der Waals surface area contributed by atoms with Crippen molar-refractivity contribution in [2.24, 2.45) is 7.05 Å². The standard InChI is InChI=1S/C14H20N4O6/c1-17-6-16-12-9(13(17)21)15-7-18(12)14-10(20)11(8(5-19)24-14)23-4-3-22-2/h6-8,10-11,14,19-20H,3-5H2,1-2H3/t8-,10-,11-,14-/m1/s1. The maximum Gasteiger partial charge on any atom is 0.281 e. The number of aliphatic hydroxyl groups excluding tert-OH is 2. The highest BCUT2D eigenvalue weighted by atomic mass is 16.6. The monoisotopic (exact) mass is 340 g/mol. The molecule has 4 atom stereocenters. The van der Waals surface area contributed by atoms with E-state index in [1.165, 1.54) is 21.8 Å². The number of imidazole rings is 1. The molecule has 0 aromatic carbocycles. The van der Waals surface area contributed by atoms with Crippen molar-refractivity contribution in [1.82, 2.24) is 19.1 Å². The molecule has 24 heavy (non-hydrogen) atoms. The van der Waals surface area contributed by atoms with Crippen LogP contribution >= 0.6 is 0 Å². The lowest BCUT2D eigenvalue weighted by atomic mass is 10.1. The fourth-order valence-corrected chi connectivity index (χ4v) is 2.75. The van der Waals surface area contributed by atoms with Gasteiger partial charge in [-0.3, -0.25) is 9.36 Å². The molecule has 132 valence electrons. The number of aryl methyl sites for hydroxylation is 1. The minimum absolute atomic E-state index is 0.181. The lowest BCUT2D eigenvalue weighted by Crippen LogP contribution is -2.37. The van der Waals surface area contributed by atoms with E-state index in [2.05, 4.69) is 9.97 Å². The topological polar surface area (TPSA) is 121 Å². The summed E-state index contributed by atoms with van der Waals surface area (Å²) in [6.45, 7) is 0.305. The maximum atomic E-state index is 12.1. The predicted octanol–water partition coefficient (Wildman–Crippen LogP) is -1.59. The SMILES string of the molecule is COCCO[C@H]1[C@@H](O)[C@H](n2cnc3c(=O)n(C)cnc32)O[C@@H]1CO. The first-order chi connectivity index (χ1) is 11.6. The van der Waals surface area contributed by atoms with Crippen molar-refractivity contribution in [3.63, 3.8) is 0 Å². The summed E-state index contributed by atoms with van der Waals surface area (Å²) in [6.07, 6.45) is -0.578. The largest absolute Gasteiger partial charge is 0.394 e. The summed E-state index contributed by atoms with van der Waals surface area (Å²) in [5.74, 6) is 0. The Morgan fingerprint density at radius 3 is 2.83 bits per heavy atom. The van der Waals surface area contributed by atoms with Gasteiger partial charge in [0.1, 0.15) is 18.3 Å². The molecule has 0 bridgehead atoms. The van der Waals surface area contributed by atoms with E-state index in [1.807, 2.05) is 0 Å². The number of methoxy groups -OCH3 is 1. The molecule has 3 rings (SSSR count). The Labute approximate surface area is 137 Å². The van der Waals surface area contributed by atoms with Crippen LogP contribution in [0.3, 0.4) is 0 Å². The summed E-state index contributed by atoms with van der Waals surface area (Å²) in [7, 11) is 3.12. The van der Waals surface area contributed by atoms with Crippen LogP contribution in [0.15, 0.2) is 17.4 Å². The van der Waals surface area contributed by atoms with Gasteiger partial charge >= 0.3 is 0 Å². The maximum absolute atomic E-state index is 12.1. The number of ether oxygens (including phenoxy) is 3. The van der Waals surface area contributed by atoms with Gasteiger partial charge in [-0.05, 0) is 0 Å². The van der Waals surface area contributed by atoms with Crippen molar-refractivity contribution in [2.45, 2.75) is 24.5 Å². The number of hydrogen-bond donors (Lipinski definition) is 2. The second kappa shape index (κ2) is 6.95. The molecule has 0 saturated carbocycles. The summed E-state index contributed by atoms with van der Waals surface area (Å²) in [6, 6.07) is 0. The van der Waals surface area contributed by atoms with Crippen LogP contribution in [0.25, 0.3) is 11.2 Å². The van der Waals surface area contributed by atoms with Crippen molar-refractivity contribution in [1.29, 1.82) is 0 Å². The van der Waals surface area contributed by atoms with E-state index in [4.69, 9.17) is 14.2 Å². The average Bonchev–Trinajstić information content (AvgIpc) is 3.13. The van der Waals surface area contributed by atoms with Crippen LogP contribution in [0.1, 0.15) is 6.23 Å². The fourth-order valence-electron chi connectivity index (χ4n) is 2.75. The van der Waals surface area contributed by atoms with Crippen LogP contribution in [0.2, 0.25) is 0 Å². The first-order valence-corrected chi connectivity index (χ1v) is 7.51. The van der Waals surface area contributed by atoms with Crippen molar-refractivity contribution in [3.8, 4) is 0 Å². The van der Waals surface area contributed by atoms with Gasteiger partial charge < -0.3 is 29.0 Å². The minimum atomic E-state index is -1.05. The van der Waals surface area contributed by atoms with Gasteiger partial charge in [-0.15, -0.1) is 0 Å². The Balaban J connectivity index is 1.90. The zero-order valence-corrected chi connectivity index (χ0v) is 13.4. The van der Waals surface area contributed by atoms with E-state index in [0.29, 0.717) is 12.3 Å². The van der Waals surface area contributed by atoms with Crippen LogP contribution in [-0.4, -0.2) is 74.6 Å². The molecular weight excluding hydrogens is 320 g/mol. The van der Waals surface area contributed by atoms with Gasteiger partial charge in [0.2, 0.25) is 0 Å². The van der Waals surface area contributed by atoms with Gasteiger partial charge in [-0.2, -0.15) is 0 Å². The highest BCUT2D eigenvalue weighted by Crippen LogP contribution is 2.32. The fraction of sp³-hybridized carbons (Fsp3) is 0.643. The molecular formula is C14H20N4O6. The molecule has 1 aliphatic rings. The van der Waals surface area contributed by atoms with Crippen LogP contribution < -0.4 is 5.56 Å². The molecule has 0 radical (unpaired) electrons. The second-order valence-electron chi connectivity index (χ2n) is 5.55. The lowest BCUT2D eigenvalue weighted by molar-refractivity contribution is -0.0678. The Hall–Kier alpha value is -1.85. The van der Waals surface area contributed by atoms with Gasteiger partial charge in [0.05, 0.1) is 32.5 Å². The lowest BCUT2D eigenvalue weighted by Gasteiger charge is -2.19. The normalized spacial score (nSPS) is 27.2. The molecule has 1 fully saturated rings. The van der Waals surface area contributed by atoms with E-state index in [0.717, 1.165) is 0 Å². The quantitative estimate of drug-likeness (QED) is 0.604. The molecule has 1 saturated heterocycles. The molecule has 1 aliphatic heterocycles. The molecule has 2 aromatic heterocycles. The molecule has 0 aliphatic carbocycles. The minimum Gasteiger partial charge on any atom is -0.394 e. The summed E-state index contributed by atoms with van der Waals surface area (Å²) in [5.41, 5.74) is 0.189. The number of rotatable bonds is 6. The third-order valence-electron chi connectivity index (χ3n) is 4.01. The van der Waals surface area contributed by atoms with Gasteiger partial charge in [0, 0.05) is 14.2 Å². The zero-order valence-electron chi connectivity index (χ0n) is 13.4. The smallest absolute Gasteiger partial charge is 0.281 e. The van der Waals surface area contributed by atoms with E-state index < -0.39 is 24.5 Å². The number of aromatic nitrogens is 4. The number of fused-ring (bicyclic) bond motifs is 1. The molecule has 2 aromatic rings. The Morgan fingerprint density at radius 1 is 1.33 bits per heavy atom. The third-order valence-corrected chi connectivity index (χ3v) is 4.01. The Morgan fingerprint density at radius 2 is 2.12 bits per heavy atom. The zero-order chi connectivity index (χ0) is 17.3. The predicted molar refractivity (Wildman–Crippen MR) is 81.4 cm³/mol. The molecule has 10 heteroatoms. The molecule has 0 unspecified atom stereocenters. The Bertz CT molecular complexity index is 759. The third kappa shape index (κ3) is 2.82. The summed E-state index contributed by atoms with van der Waals surface area (Å²) < 4.78 is 19.0. The number of hydrogen-bond acceptors (Lipinski definition) is 8. The van der Waals surface area contributed by atoms with Crippen LogP contribution in [-0.2, 0) is 21.3 Å². The number of nitrogens with zero attached hydrogens (tertiary/aromatic N) is 4. The molecule has 0 spiro atoms. The van der Waals surface area contributed by atoms with E-state index >= 15 is 0 Å². The van der Waals surface area contributed by atoms with Gasteiger partial charge in [0.25, 0.3) is 5.56 Å². The van der Waals surface area contributed by atoms with Crippen LogP contribution in [0.5, 0.6) is 0 Å². The molecule has 3 heterocycles.